The van der Waals surface area contributed by atoms with Crippen molar-refractivity contribution in [2.24, 2.45) is 5.92 Å². The van der Waals surface area contributed by atoms with E-state index in [-0.39, 0.29) is 29.8 Å². The minimum Gasteiger partial charge on any atom is -0.353 e. The quantitative estimate of drug-likeness (QED) is 0.793. The van der Waals surface area contributed by atoms with Crippen LogP contribution >= 0.6 is 0 Å². The minimum absolute atomic E-state index is 0.124. The summed E-state index contributed by atoms with van der Waals surface area (Å²) in [6, 6.07) is 10.5. The zero-order valence-corrected chi connectivity index (χ0v) is 16.7. The third-order valence-electron chi connectivity index (χ3n) is 6.50. The summed E-state index contributed by atoms with van der Waals surface area (Å²) in [4.78, 5) is 27.8. The van der Waals surface area contributed by atoms with E-state index in [1.165, 1.54) is 19.3 Å². The predicted octanol–water partition coefficient (Wildman–Crippen LogP) is 3.17. The molecule has 2 aliphatic carbocycles. The summed E-state index contributed by atoms with van der Waals surface area (Å²) in [6.07, 6.45) is 9.76. The van der Waals surface area contributed by atoms with Crippen molar-refractivity contribution < 1.29 is 9.59 Å². The van der Waals surface area contributed by atoms with Gasteiger partial charge in [0.1, 0.15) is 6.04 Å². The van der Waals surface area contributed by atoms with Gasteiger partial charge < -0.3 is 10.6 Å². The average molecular weight is 384 g/mol. The highest BCUT2D eigenvalue weighted by Gasteiger charge is 2.34. The van der Waals surface area contributed by atoms with Gasteiger partial charge in [-0.1, -0.05) is 49.6 Å². The maximum atomic E-state index is 12.9. The van der Waals surface area contributed by atoms with Crippen LogP contribution < -0.4 is 10.6 Å². The Bertz CT molecular complexity index is 660. The Morgan fingerprint density at radius 3 is 2.11 bits per heavy atom. The summed E-state index contributed by atoms with van der Waals surface area (Å²) in [5.41, 5.74) is 1.06. The van der Waals surface area contributed by atoms with Gasteiger partial charge in [0, 0.05) is 31.1 Å². The molecule has 0 radical (unpaired) electrons. The van der Waals surface area contributed by atoms with E-state index in [0.717, 1.165) is 57.2 Å². The van der Waals surface area contributed by atoms with Crippen LogP contribution in [0.1, 0.15) is 69.4 Å². The first-order valence-corrected chi connectivity index (χ1v) is 11.1. The number of likely N-dealkylation sites (tertiary alicyclic amines) is 1. The second-order valence-corrected chi connectivity index (χ2v) is 8.75. The summed E-state index contributed by atoms with van der Waals surface area (Å²) in [5, 5.41) is 6.48. The molecule has 3 fully saturated rings. The summed E-state index contributed by atoms with van der Waals surface area (Å²) in [5.74, 6) is 0.593. The summed E-state index contributed by atoms with van der Waals surface area (Å²) in [7, 11) is 0. The molecule has 2 saturated carbocycles. The highest BCUT2D eigenvalue weighted by Crippen LogP contribution is 2.28. The van der Waals surface area contributed by atoms with E-state index < -0.39 is 0 Å². The van der Waals surface area contributed by atoms with Gasteiger partial charge in [-0.2, -0.15) is 0 Å². The number of rotatable bonds is 6. The van der Waals surface area contributed by atoms with E-state index in [1.807, 2.05) is 30.3 Å². The molecule has 5 heteroatoms. The fraction of sp³-hybridized carbons (Fsp3) is 0.652. The largest absolute Gasteiger partial charge is 0.353 e. The Hall–Kier alpha value is -1.88. The van der Waals surface area contributed by atoms with Crippen LogP contribution in [0.5, 0.6) is 0 Å². The lowest BCUT2D eigenvalue weighted by Gasteiger charge is -2.37. The molecule has 1 aromatic carbocycles. The zero-order valence-electron chi connectivity index (χ0n) is 16.7. The van der Waals surface area contributed by atoms with E-state index >= 15 is 0 Å². The van der Waals surface area contributed by atoms with Crippen LogP contribution in [-0.2, 0) is 9.59 Å². The number of benzene rings is 1. The van der Waals surface area contributed by atoms with E-state index in [4.69, 9.17) is 0 Å². The summed E-state index contributed by atoms with van der Waals surface area (Å²) < 4.78 is 0. The molecule has 1 unspecified atom stereocenters. The van der Waals surface area contributed by atoms with Crippen LogP contribution in [0.4, 0.5) is 0 Å². The zero-order chi connectivity index (χ0) is 19.3. The van der Waals surface area contributed by atoms with E-state index in [9.17, 15) is 9.59 Å². The van der Waals surface area contributed by atoms with E-state index in [2.05, 4.69) is 15.5 Å². The highest BCUT2D eigenvalue weighted by atomic mass is 16.2. The molecule has 1 atom stereocenters. The molecule has 4 rings (SSSR count). The van der Waals surface area contributed by atoms with Crippen molar-refractivity contribution in [3.63, 3.8) is 0 Å². The Balaban J connectivity index is 1.34. The fourth-order valence-corrected chi connectivity index (χ4v) is 4.66. The van der Waals surface area contributed by atoms with Crippen molar-refractivity contribution >= 4 is 11.8 Å². The molecule has 0 aromatic heterocycles. The predicted molar refractivity (Wildman–Crippen MR) is 110 cm³/mol. The molecule has 3 aliphatic rings. The van der Waals surface area contributed by atoms with Crippen LogP contribution in [0, 0.1) is 5.92 Å². The highest BCUT2D eigenvalue weighted by molar-refractivity contribution is 5.83. The molecule has 2 N–H and O–H groups in total. The van der Waals surface area contributed by atoms with Crippen molar-refractivity contribution in [1.29, 1.82) is 0 Å². The van der Waals surface area contributed by atoms with Gasteiger partial charge in [-0.25, -0.2) is 0 Å². The second-order valence-electron chi connectivity index (χ2n) is 8.75. The monoisotopic (exact) mass is 383 g/mol. The van der Waals surface area contributed by atoms with Gasteiger partial charge in [0.25, 0.3) is 0 Å². The number of nitrogens with zero attached hydrogens (tertiary/aromatic N) is 1. The van der Waals surface area contributed by atoms with Crippen molar-refractivity contribution in [2.75, 3.05) is 13.1 Å². The third-order valence-corrected chi connectivity index (χ3v) is 6.50. The standard InChI is InChI=1S/C23H33N3O2/c27-22(18-9-5-2-6-10-18)24-20-13-15-26(16-14-20)21(17-7-3-1-4-8-17)23(28)25-19-11-12-19/h1,3-4,7-8,18-21H,2,5-6,9-16H2,(H,24,27)(H,25,28). The van der Waals surface area contributed by atoms with Gasteiger partial charge in [-0.3, -0.25) is 14.5 Å². The molecule has 1 saturated heterocycles. The number of hydrogen-bond acceptors (Lipinski definition) is 3. The Morgan fingerprint density at radius 1 is 0.821 bits per heavy atom. The van der Waals surface area contributed by atoms with Crippen LogP contribution in [0.15, 0.2) is 30.3 Å². The molecular formula is C23H33N3O2. The first-order valence-electron chi connectivity index (χ1n) is 11.1. The van der Waals surface area contributed by atoms with E-state index in [0.29, 0.717) is 6.04 Å². The number of piperidine rings is 1. The third kappa shape index (κ3) is 4.93. The molecule has 28 heavy (non-hydrogen) atoms. The average Bonchev–Trinajstić information content (AvgIpc) is 3.55. The second kappa shape index (κ2) is 9.08. The van der Waals surface area contributed by atoms with Crippen molar-refractivity contribution in [3.8, 4) is 0 Å². The van der Waals surface area contributed by atoms with Gasteiger partial charge in [0.05, 0.1) is 0 Å². The normalized spacial score (nSPS) is 23.1. The Morgan fingerprint density at radius 2 is 1.46 bits per heavy atom. The molecular weight excluding hydrogens is 350 g/mol. The molecule has 1 aromatic rings. The van der Waals surface area contributed by atoms with Gasteiger partial charge >= 0.3 is 0 Å². The smallest absolute Gasteiger partial charge is 0.242 e. The maximum absolute atomic E-state index is 12.9. The van der Waals surface area contributed by atoms with Crippen molar-refractivity contribution in [1.82, 2.24) is 15.5 Å². The number of carbonyl (C=O) groups excluding carboxylic acids is 2. The van der Waals surface area contributed by atoms with Crippen molar-refractivity contribution in [2.45, 2.75) is 75.9 Å². The minimum atomic E-state index is -0.225. The molecule has 5 nitrogen and oxygen atoms in total. The van der Waals surface area contributed by atoms with Crippen LogP contribution in [0.25, 0.3) is 0 Å². The molecule has 1 aliphatic heterocycles. The first kappa shape index (κ1) is 19.4. The van der Waals surface area contributed by atoms with Gasteiger partial charge in [-0.05, 0) is 44.1 Å². The molecule has 0 spiro atoms. The maximum Gasteiger partial charge on any atom is 0.242 e. The Labute approximate surface area is 168 Å². The van der Waals surface area contributed by atoms with Gasteiger partial charge in [-0.15, -0.1) is 0 Å². The molecule has 1 heterocycles. The number of carbonyl (C=O) groups is 2. The molecule has 152 valence electrons. The number of nitrogens with one attached hydrogen (secondary N) is 2. The summed E-state index contributed by atoms with van der Waals surface area (Å²) >= 11 is 0. The van der Waals surface area contributed by atoms with Gasteiger partial charge in [0.2, 0.25) is 11.8 Å². The lowest BCUT2D eigenvalue weighted by molar-refractivity contribution is -0.129. The van der Waals surface area contributed by atoms with Crippen LogP contribution in [-0.4, -0.2) is 41.9 Å². The number of hydrogen-bond donors (Lipinski definition) is 2. The summed E-state index contributed by atoms with van der Waals surface area (Å²) in [6.45, 7) is 1.68. The molecule has 2 amide bonds. The van der Waals surface area contributed by atoms with Crippen LogP contribution in [0.3, 0.4) is 0 Å². The Kier molecular flexibility index (Phi) is 6.30. The lowest BCUT2D eigenvalue weighted by Crippen LogP contribution is -2.50. The first-order chi connectivity index (χ1) is 13.7. The van der Waals surface area contributed by atoms with Crippen LogP contribution in [0.2, 0.25) is 0 Å². The molecule has 0 bridgehead atoms. The lowest BCUT2D eigenvalue weighted by atomic mass is 9.88. The SMILES string of the molecule is O=C(NC1CCN(C(C(=O)NC2CC2)c2ccccc2)CC1)C1CCCCC1. The number of amides is 2. The van der Waals surface area contributed by atoms with E-state index in [1.54, 1.807) is 0 Å². The fourth-order valence-electron chi connectivity index (χ4n) is 4.66. The van der Waals surface area contributed by atoms with Gasteiger partial charge in [0.15, 0.2) is 0 Å². The topological polar surface area (TPSA) is 61.4 Å². The van der Waals surface area contributed by atoms with Crippen molar-refractivity contribution in [3.05, 3.63) is 35.9 Å².